The zero-order valence-corrected chi connectivity index (χ0v) is 29.5. The number of benzene rings is 10. The third-order valence-electron chi connectivity index (χ3n) is 11.9. The third-order valence-corrected chi connectivity index (χ3v) is 11.9. The molecule has 0 saturated heterocycles. The van der Waals surface area contributed by atoms with E-state index < -0.39 is 0 Å². The number of fused-ring (bicyclic) bond motifs is 9. The van der Waals surface area contributed by atoms with Gasteiger partial charge in [0.1, 0.15) is 0 Å². The maximum absolute atomic E-state index is 2.52. The van der Waals surface area contributed by atoms with Crippen LogP contribution in [-0.4, -0.2) is 0 Å². The summed E-state index contributed by atoms with van der Waals surface area (Å²) in [5.74, 6) is 0. The average Bonchev–Trinajstić information content (AvgIpc) is 3.77. The van der Waals surface area contributed by atoms with Crippen molar-refractivity contribution in [2.24, 2.45) is 0 Å². The molecule has 0 fully saturated rings. The summed E-state index contributed by atoms with van der Waals surface area (Å²) in [4.78, 5) is 0. The zero-order chi connectivity index (χ0) is 35.3. The minimum absolute atomic E-state index is 1.24. The molecular formula is C54H32. The Balaban J connectivity index is 1.30. The Morgan fingerprint density at radius 2 is 0.444 bits per heavy atom. The summed E-state index contributed by atoms with van der Waals surface area (Å²) in [6.45, 7) is 0. The van der Waals surface area contributed by atoms with Crippen LogP contribution in [0.2, 0.25) is 0 Å². The van der Waals surface area contributed by atoms with E-state index in [1.54, 1.807) is 0 Å². The molecule has 54 heavy (non-hydrogen) atoms. The Morgan fingerprint density at radius 1 is 0.167 bits per heavy atom. The number of rotatable bonds is 4. The molecule has 0 amide bonds. The SMILES string of the molecule is c1ccc(-c2ccc(-c3ccccc3)c3c4cc5c(cc6c7c(-c8ccccc8)ccc(-c8ccccc8)c7c7cccc5c76)c5cccc(c23)c54)cc1. The van der Waals surface area contributed by atoms with Crippen molar-refractivity contribution in [2.45, 2.75) is 0 Å². The van der Waals surface area contributed by atoms with Crippen LogP contribution in [0.3, 0.4) is 0 Å². The molecule has 0 heteroatoms. The van der Waals surface area contributed by atoms with Gasteiger partial charge in [0.05, 0.1) is 0 Å². The van der Waals surface area contributed by atoms with Gasteiger partial charge in [-0.2, -0.15) is 0 Å². The Morgan fingerprint density at radius 3 is 0.759 bits per heavy atom. The van der Waals surface area contributed by atoms with Crippen LogP contribution in [0.1, 0.15) is 0 Å². The van der Waals surface area contributed by atoms with Crippen LogP contribution in [-0.2, 0) is 0 Å². The van der Waals surface area contributed by atoms with E-state index in [9.17, 15) is 0 Å². The molecule has 0 aliphatic carbocycles. The van der Waals surface area contributed by atoms with E-state index in [1.165, 1.54) is 120 Å². The summed E-state index contributed by atoms with van der Waals surface area (Å²) in [7, 11) is 0. The van der Waals surface area contributed by atoms with Crippen LogP contribution in [0.15, 0.2) is 194 Å². The first kappa shape index (κ1) is 29.5. The van der Waals surface area contributed by atoms with Gasteiger partial charge < -0.3 is 0 Å². The van der Waals surface area contributed by atoms with Crippen molar-refractivity contribution < 1.29 is 0 Å². The van der Waals surface area contributed by atoms with Gasteiger partial charge in [0.2, 0.25) is 0 Å². The summed E-state index contributed by atoms with van der Waals surface area (Å²) in [5, 5.41) is 18.6. The largest absolute Gasteiger partial charge is 0.0622 e. The second kappa shape index (κ2) is 11.2. The van der Waals surface area contributed by atoms with E-state index in [2.05, 4.69) is 194 Å². The Labute approximate surface area is 312 Å². The van der Waals surface area contributed by atoms with Crippen molar-refractivity contribution in [3.63, 3.8) is 0 Å². The fraction of sp³-hybridized carbons (Fsp3) is 0. The molecule has 248 valence electrons. The normalized spacial score (nSPS) is 12.1. The van der Waals surface area contributed by atoms with E-state index in [0.717, 1.165) is 0 Å². The van der Waals surface area contributed by atoms with Gasteiger partial charge in [-0.3, -0.25) is 0 Å². The molecule has 0 radical (unpaired) electrons. The molecule has 0 spiro atoms. The average molecular weight is 681 g/mol. The highest BCUT2D eigenvalue weighted by Gasteiger charge is 2.24. The van der Waals surface area contributed by atoms with Crippen molar-refractivity contribution >= 4 is 75.4 Å². The Kier molecular flexibility index (Phi) is 6.15. The molecule has 0 nitrogen and oxygen atoms in total. The minimum atomic E-state index is 1.24. The number of hydrogen-bond acceptors (Lipinski definition) is 0. The van der Waals surface area contributed by atoms with Gasteiger partial charge in [-0.15, -0.1) is 0 Å². The second-order valence-corrected chi connectivity index (χ2v) is 14.7. The van der Waals surface area contributed by atoms with Crippen molar-refractivity contribution in [2.75, 3.05) is 0 Å². The minimum Gasteiger partial charge on any atom is -0.0622 e. The van der Waals surface area contributed by atoms with Crippen LogP contribution in [0.25, 0.3) is 120 Å². The lowest BCUT2D eigenvalue weighted by Crippen LogP contribution is -1.84. The summed E-state index contributed by atoms with van der Waals surface area (Å²) < 4.78 is 0. The van der Waals surface area contributed by atoms with Gasteiger partial charge >= 0.3 is 0 Å². The lowest BCUT2D eigenvalue weighted by molar-refractivity contribution is 1.64. The lowest BCUT2D eigenvalue weighted by atomic mass is 9.91. The molecule has 0 bridgehead atoms. The monoisotopic (exact) mass is 680 g/mol. The topological polar surface area (TPSA) is 0 Å². The van der Waals surface area contributed by atoms with Crippen LogP contribution in [0, 0.1) is 0 Å². The van der Waals surface area contributed by atoms with E-state index >= 15 is 0 Å². The fourth-order valence-corrected chi connectivity index (χ4v) is 9.74. The highest BCUT2D eigenvalue weighted by molar-refractivity contribution is 6.44. The molecule has 0 aromatic heterocycles. The van der Waals surface area contributed by atoms with Crippen molar-refractivity contribution in [1.82, 2.24) is 0 Å². The molecule has 0 aliphatic rings. The predicted molar refractivity (Wildman–Crippen MR) is 233 cm³/mol. The Hall–Kier alpha value is -7.02. The van der Waals surface area contributed by atoms with Crippen LogP contribution >= 0.6 is 0 Å². The van der Waals surface area contributed by atoms with Crippen LogP contribution in [0.4, 0.5) is 0 Å². The van der Waals surface area contributed by atoms with Gasteiger partial charge in [-0.1, -0.05) is 182 Å². The molecular weight excluding hydrogens is 649 g/mol. The highest BCUT2D eigenvalue weighted by Crippen LogP contribution is 2.52. The summed E-state index contributed by atoms with van der Waals surface area (Å²) in [5.41, 5.74) is 10.1. The zero-order valence-electron chi connectivity index (χ0n) is 29.5. The molecule has 12 aromatic rings. The second-order valence-electron chi connectivity index (χ2n) is 14.7. The first-order chi connectivity index (χ1) is 26.8. The maximum atomic E-state index is 2.52. The van der Waals surface area contributed by atoms with E-state index in [-0.39, 0.29) is 0 Å². The van der Waals surface area contributed by atoms with E-state index in [4.69, 9.17) is 0 Å². The van der Waals surface area contributed by atoms with E-state index in [1.807, 2.05) is 0 Å². The number of hydrogen-bond donors (Lipinski definition) is 0. The molecule has 0 atom stereocenters. The molecule has 0 aliphatic heterocycles. The fourth-order valence-electron chi connectivity index (χ4n) is 9.74. The highest BCUT2D eigenvalue weighted by atomic mass is 14.3. The molecule has 0 saturated carbocycles. The van der Waals surface area contributed by atoms with Gasteiger partial charge in [0.25, 0.3) is 0 Å². The smallest absolute Gasteiger partial charge is 0.00137 e. The summed E-state index contributed by atoms with van der Waals surface area (Å²) >= 11 is 0. The van der Waals surface area contributed by atoms with E-state index in [0.29, 0.717) is 0 Å². The van der Waals surface area contributed by atoms with Crippen molar-refractivity contribution in [3.8, 4) is 44.5 Å². The standard InChI is InChI=1S/C54H32/c1-5-15-33(16-6-1)37-27-29-39(35-19-9-3-10-20-35)53-47-31-45-42-24-14-26-44-50(42)48(32-46(45)41-23-13-25-43(49(41)47)51(37)53)54-40(36-21-11-4-12-22-36)30-28-38(52(44)54)34-17-7-2-8-18-34/h1-32H. The first-order valence-electron chi connectivity index (χ1n) is 18.9. The van der Waals surface area contributed by atoms with Gasteiger partial charge in [0.15, 0.2) is 0 Å². The molecule has 12 aromatic carbocycles. The quantitative estimate of drug-likeness (QED) is 0.162. The molecule has 0 heterocycles. The summed E-state index contributed by atoms with van der Waals surface area (Å²) in [6.07, 6.45) is 0. The Bertz CT molecular complexity index is 3150. The van der Waals surface area contributed by atoms with Crippen LogP contribution in [0.5, 0.6) is 0 Å². The third kappa shape index (κ3) is 4.03. The predicted octanol–water partition coefficient (Wildman–Crippen LogP) is 15.3. The first-order valence-corrected chi connectivity index (χ1v) is 18.9. The molecule has 0 N–H and O–H groups in total. The maximum Gasteiger partial charge on any atom is -0.00137 e. The van der Waals surface area contributed by atoms with Gasteiger partial charge in [-0.25, -0.2) is 0 Å². The van der Waals surface area contributed by atoms with Gasteiger partial charge in [-0.05, 0) is 132 Å². The summed E-state index contributed by atoms with van der Waals surface area (Å²) in [6, 6.07) is 72.0. The van der Waals surface area contributed by atoms with Crippen LogP contribution < -0.4 is 0 Å². The van der Waals surface area contributed by atoms with Crippen molar-refractivity contribution in [3.05, 3.63) is 194 Å². The van der Waals surface area contributed by atoms with Crippen molar-refractivity contribution in [1.29, 1.82) is 0 Å². The molecule has 12 rings (SSSR count). The van der Waals surface area contributed by atoms with Gasteiger partial charge in [0, 0.05) is 0 Å². The molecule has 0 unspecified atom stereocenters. The lowest BCUT2D eigenvalue weighted by Gasteiger charge is -2.12.